The molecule has 0 radical (unpaired) electrons. The van der Waals surface area contributed by atoms with E-state index in [1.807, 2.05) is 21.0 Å². The van der Waals surface area contributed by atoms with Crippen LogP contribution in [0.15, 0.2) is 4.52 Å². The van der Waals surface area contributed by atoms with Gasteiger partial charge < -0.3 is 14.2 Å². The van der Waals surface area contributed by atoms with Crippen molar-refractivity contribution in [3.8, 4) is 0 Å². The minimum atomic E-state index is -0.112. The molecule has 20 heavy (non-hydrogen) atoms. The maximum atomic E-state index is 11.7. The number of amides is 1. The molecular weight excluding hydrogens is 258 g/mol. The van der Waals surface area contributed by atoms with Gasteiger partial charge in [-0.25, -0.2) is 0 Å². The van der Waals surface area contributed by atoms with Gasteiger partial charge in [0, 0.05) is 18.6 Å². The van der Waals surface area contributed by atoms with Crippen LogP contribution in [0.4, 0.5) is 5.88 Å². The summed E-state index contributed by atoms with van der Waals surface area (Å²) in [5.74, 6) is 0.327. The molecule has 0 unspecified atom stereocenters. The van der Waals surface area contributed by atoms with E-state index in [-0.39, 0.29) is 5.91 Å². The van der Waals surface area contributed by atoms with E-state index < -0.39 is 0 Å². The second-order valence-corrected chi connectivity index (χ2v) is 5.08. The number of rotatable bonds is 9. The first-order valence-corrected chi connectivity index (χ1v) is 7.02. The molecule has 0 bridgehead atoms. The Bertz CT molecular complexity index is 416. The largest absolute Gasteiger partial charge is 0.381 e. The minimum absolute atomic E-state index is 0.112. The van der Waals surface area contributed by atoms with Gasteiger partial charge in [-0.05, 0) is 27.4 Å². The Labute approximate surface area is 120 Å². The highest BCUT2D eigenvalue weighted by Gasteiger charge is 2.15. The molecule has 0 saturated carbocycles. The highest BCUT2D eigenvalue weighted by atomic mass is 16.5. The molecule has 114 valence electrons. The molecule has 1 heterocycles. The molecule has 0 spiro atoms. The minimum Gasteiger partial charge on any atom is -0.381 e. The predicted octanol–water partition coefficient (Wildman–Crippen LogP) is 1.84. The number of aromatic nitrogens is 1. The SMILES string of the molecule is CCCCOCCc1c(C)noc1NC(=O)CN(C)C. The van der Waals surface area contributed by atoms with Crippen molar-refractivity contribution in [1.29, 1.82) is 0 Å². The molecular formula is C14H25N3O3. The summed E-state index contributed by atoms with van der Waals surface area (Å²) < 4.78 is 10.7. The van der Waals surface area contributed by atoms with Crippen LogP contribution in [-0.4, -0.2) is 49.8 Å². The smallest absolute Gasteiger partial charge is 0.240 e. The van der Waals surface area contributed by atoms with Gasteiger partial charge >= 0.3 is 0 Å². The molecule has 0 aromatic carbocycles. The average Bonchev–Trinajstić information content (AvgIpc) is 2.69. The molecule has 6 nitrogen and oxygen atoms in total. The van der Waals surface area contributed by atoms with E-state index >= 15 is 0 Å². The third-order valence-electron chi connectivity index (χ3n) is 2.84. The summed E-state index contributed by atoms with van der Waals surface area (Å²) in [6.45, 7) is 5.69. The first-order valence-electron chi connectivity index (χ1n) is 7.02. The Hall–Kier alpha value is -1.40. The molecule has 0 aliphatic rings. The number of unbranched alkanes of at least 4 members (excludes halogenated alkanes) is 1. The number of hydrogen-bond donors (Lipinski definition) is 1. The molecule has 0 atom stereocenters. The van der Waals surface area contributed by atoms with Gasteiger partial charge in [0.05, 0.1) is 18.8 Å². The first-order chi connectivity index (χ1) is 9.54. The topological polar surface area (TPSA) is 67.6 Å². The number of nitrogens with zero attached hydrogens (tertiary/aromatic N) is 2. The molecule has 1 rings (SSSR count). The van der Waals surface area contributed by atoms with E-state index in [1.54, 1.807) is 4.90 Å². The second kappa shape index (κ2) is 8.71. The third-order valence-corrected chi connectivity index (χ3v) is 2.84. The molecule has 1 aromatic rings. The lowest BCUT2D eigenvalue weighted by molar-refractivity contribution is -0.116. The van der Waals surface area contributed by atoms with Crippen LogP contribution >= 0.6 is 0 Å². The molecule has 0 aliphatic heterocycles. The summed E-state index contributed by atoms with van der Waals surface area (Å²) >= 11 is 0. The van der Waals surface area contributed by atoms with Crippen molar-refractivity contribution >= 4 is 11.8 Å². The summed E-state index contributed by atoms with van der Waals surface area (Å²) in [5.41, 5.74) is 1.71. The van der Waals surface area contributed by atoms with Crippen molar-refractivity contribution in [1.82, 2.24) is 10.1 Å². The van der Waals surface area contributed by atoms with E-state index in [2.05, 4.69) is 17.4 Å². The van der Waals surface area contributed by atoms with Crippen LogP contribution in [0.2, 0.25) is 0 Å². The van der Waals surface area contributed by atoms with Crippen LogP contribution in [0.5, 0.6) is 0 Å². The van der Waals surface area contributed by atoms with Crippen LogP contribution in [0, 0.1) is 6.92 Å². The van der Waals surface area contributed by atoms with Crippen LogP contribution in [-0.2, 0) is 16.0 Å². The Balaban J connectivity index is 2.49. The van der Waals surface area contributed by atoms with Gasteiger partial charge in [0.25, 0.3) is 0 Å². The quantitative estimate of drug-likeness (QED) is 0.700. The summed E-state index contributed by atoms with van der Waals surface area (Å²) in [4.78, 5) is 13.5. The Morgan fingerprint density at radius 2 is 2.15 bits per heavy atom. The second-order valence-electron chi connectivity index (χ2n) is 5.08. The van der Waals surface area contributed by atoms with E-state index in [0.717, 1.165) is 30.7 Å². The Morgan fingerprint density at radius 1 is 1.40 bits per heavy atom. The fraction of sp³-hybridized carbons (Fsp3) is 0.714. The monoisotopic (exact) mass is 283 g/mol. The Morgan fingerprint density at radius 3 is 2.80 bits per heavy atom. The Kier molecular flexibility index (Phi) is 7.25. The average molecular weight is 283 g/mol. The van der Waals surface area contributed by atoms with Gasteiger partial charge in [0.2, 0.25) is 11.8 Å². The lowest BCUT2D eigenvalue weighted by Gasteiger charge is -2.09. The van der Waals surface area contributed by atoms with Crippen molar-refractivity contribution in [2.45, 2.75) is 33.1 Å². The third kappa shape index (κ3) is 5.71. The van der Waals surface area contributed by atoms with Gasteiger partial charge in [0.15, 0.2) is 0 Å². The van der Waals surface area contributed by atoms with Gasteiger partial charge in [-0.15, -0.1) is 0 Å². The summed E-state index contributed by atoms with van der Waals surface area (Å²) in [6.07, 6.45) is 2.88. The molecule has 1 N–H and O–H groups in total. The highest BCUT2D eigenvalue weighted by Crippen LogP contribution is 2.19. The van der Waals surface area contributed by atoms with E-state index in [1.165, 1.54) is 0 Å². The molecule has 0 fully saturated rings. The number of likely N-dealkylation sites (N-methyl/N-ethyl adjacent to an activating group) is 1. The van der Waals surface area contributed by atoms with Gasteiger partial charge in [0.1, 0.15) is 0 Å². The van der Waals surface area contributed by atoms with Crippen LogP contribution in [0.1, 0.15) is 31.0 Å². The molecule has 1 aromatic heterocycles. The number of hydrogen-bond acceptors (Lipinski definition) is 5. The summed E-state index contributed by atoms with van der Waals surface area (Å²) in [5, 5.41) is 6.65. The highest BCUT2D eigenvalue weighted by molar-refractivity contribution is 5.91. The number of anilines is 1. The predicted molar refractivity (Wildman–Crippen MR) is 77.9 cm³/mol. The zero-order valence-electron chi connectivity index (χ0n) is 12.9. The maximum Gasteiger partial charge on any atom is 0.240 e. The van der Waals surface area contributed by atoms with Gasteiger partial charge in [-0.1, -0.05) is 18.5 Å². The molecule has 0 saturated heterocycles. The van der Waals surface area contributed by atoms with Crippen molar-refractivity contribution in [3.05, 3.63) is 11.3 Å². The fourth-order valence-electron chi connectivity index (χ4n) is 1.76. The zero-order valence-corrected chi connectivity index (χ0v) is 12.9. The van der Waals surface area contributed by atoms with Crippen molar-refractivity contribution in [2.24, 2.45) is 0 Å². The normalized spacial score (nSPS) is 11.1. The van der Waals surface area contributed by atoms with Crippen LogP contribution in [0.25, 0.3) is 0 Å². The zero-order chi connectivity index (χ0) is 15.0. The lowest BCUT2D eigenvalue weighted by atomic mass is 10.2. The number of ether oxygens (including phenoxy) is 1. The fourth-order valence-corrected chi connectivity index (χ4v) is 1.76. The van der Waals surface area contributed by atoms with Gasteiger partial charge in [-0.3, -0.25) is 10.1 Å². The lowest BCUT2D eigenvalue weighted by Crippen LogP contribution is -2.27. The number of nitrogens with one attached hydrogen (secondary N) is 1. The first kappa shape index (κ1) is 16.7. The van der Waals surface area contributed by atoms with Crippen molar-refractivity contribution in [3.63, 3.8) is 0 Å². The summed E-state index contributed by atoms with van der Waals surface area (Å²) in [6, 6.07) is 0. The van der Waals surface area contributed by atoms with E-state index in [0.29, 0.717) is 25.5 Å². The summed E-state index contributed by atoms with van der Waals surface area (Å²) in [7, 11) is 3.68. The van der Waals surface area contributed by atoms with Crippen molar-refractivity contribution < 1.29 is 14.1 Å². The van der Waals surface area contributed by atoms with Crippen LogP contribution in [0.3, 0.4) is 0 Å². The number of carbonyl (C=O) groups excluding carboxylic acids is 1. The van der Waals surface area contributed by atoms with E-state index in [9.17, 15) is 4.79 Å². The number of carbonyl (C=O) groups is 1. The van der Waals surface area contributed by atoms with Crippen LogP contribution < -0.4 is 5.32 Å². The van der Waals surface area contributed by atoms with Gasteiger partial charge in [-0.2, -0.15) is 0 Å². The maximum absolute atomic E-state index is 11.7. The number of aryl methyl sites for hydroxylation is 1. The molecule has 1 amide bonds. The molecule has 6 heteroatoms. The van der Waals surface area contributed by atoms with Crippen molar-refractivity contribution in [2.75, 3.05) is 39.2 Å². The standard InChI is InChI=1S/C14H25N3O3/c1-5-6-8-19-9-7-12-11(2)16-20-14(12)15-13(18)10-17(3)4/h5-10H2,1-4H3,(H,15,18). The molecule has 0 aliphatic carbocycles. The van der Waals surface area contributed by atoms with E-state index in [4.69, 9.17) is 9.26 Å².